The monoisotopic (exact) mass is 285 g/mol. The predicted molar refractivity (Wildman–Crippen MR) is 71.5 cm³/mol. The summed E-state index contributed by atoms with van der Waals surface area (Å²) in [6.45, 7) is 2.85. The van der Waals surface area contributed by atoms with Gasteiger partial charge in [0.15, 0.2) is 0 Å². The SMILES string of the molecule is CC1(C(=O)N2CCOc3ccccc32)CC1(Cl)Cl. The summed E-state index contributed by atoms with van der Waals surface area (Å²) in [4.78, 5) is 14.3. The molecule has 0 aromatic heterocycles. The summed E-state index contributed by atoms with van der Waals surface area (Å²) in [6, 6.07) is 7.51. The minimum Gasteiger partial charge on any atom is -0.490 e. The van der Waals surface area contributed by atoms with Gasteiger partial charge in [-0.3, -0.25) is 4.79 Å². The van der Waals surface area contributed by atoms with Gasteiger partial charge in [0, 0.05) is 0 Å². The number of amides is 1. The van der Waals surface area contributed by atoms with Gasteiger partial charge in [-0.15, -0.1) is 23.2 Å². The summed E-state index contributed by atoms with van der Waals surface area (Å²) in [5.74, 6) is 0.708. The van der Waals surface area contributed by atoms with Crippen LogP contribution < -0.4 is 9.64 Å². The number of alkyl halides is 2. The Morgan fingerprint density at radius 3 is 2.72 bits per heavy atom. The van der Waals surface area contributed by atoms with Gasteiger partial charge in [-0.25, -0.2) is 0 Å². The first-order valence-corrected chi connectivity index (χ1v) is 6.63. The molecule has 0 spiro atoms. The van der Waals surface area contributed by atoms with Gasteiger partial charge < -0.3 is 9.64 Å². The number of benzene rings is 1. The Morgan fingerprint density at radius 2 is 2.06 bits per heavy atom. The van der Waals surface area contributed by atoms with Gasteiger partial charge in [0.2, 0.25) is 5.91 Å². The number of carbonyl (C=O) groups excluding carboxylic acids is 1. The summed E-state index contributed by atoms with van der Waals surface area (Å²) in [5.41, 5.74) is 0.117. The average Bonchev–Trinajstić information content (AvgIpc) is 2.88. The van der Waals surface area contributed by atoms with Crippen molar-refractivity contribution in [1.82, 2.24) is 0 Å². The molecule has 3 nitrogen and oxygen atoms in total. The van der Waals surface area contributed by atoms with Crippen LogP contribution in [0.1, 0.15) is 13.3 Å². The number of fused-ring (bicyclic) bond motifs is 1. The van der Waals surface area contributed by atoms with Crippen molar-refractivity contribution < 1.29 is 9.53 Å². The van der Waals surface area contributed by atoms with Crippen LogP contribution in [0.3, 0.4) is 0 Å². The molecule has 1 aliphatic carbocycles. The maximum Gasteiger partial charge on any atom is 0.236 e. The third-order valence-corrected chi connectivity index (χ3v) is 4.80. The molecule has 0 bridgehead atoms. The Labute approximate surface area is 116 Å². The van der Waals surface area contributed by atoms with E-state index in [0.29, 0.717) is 19.6 Å². The number of hydrogen-bond donors (Lipinski definition) is 0. The first-order chi connectivity index (χ1) is 8.46. The average molecular weight is 286 g/mol. The molecule has 1 atom stereocenters. The Balaban J connectivity index is 1.94. The lowest BCUT2D eigenvalue weighted by molar-refractivity contribution is -0.123. The Hall–Kier alpha value is -0.930. The summed E-state index contributed by atoms with van der Waals surface area (Å²) in [5, 5.41) is 0. The fraction of sp³-hybridized carbons (Fsp3) is 0.462. The van der Waals surface area contributed by atoms with Gasteiger partial charge in [-0.1, -0.05) is 12.1 Å². The second-order valence-electron chi connectivity index (χ2n) is 4.99. The lowest BCUT2D eigenvalue weighted by Crippen LogP contribution is -2.43. The number of carbonyl (C=O) groups is 1. The molecule has 0 saturated heterocycles. The molecule has 1 fully saturated rings. The highest BCUT2D eigenvalue weighted by atomic mass is 35.5. The Bertz CT molecular complexity index is 517. The number of nitrogens with zero attached hydrogens (tertiary/aromatic N) is 1. The standard InChI is InChI=1S/C13H13Cl2NO2/c1-12(8-13(12,14)15)11(17)16-6-7-18-10-5-3-2-4-9(10)16/h2-5H,6-8H2,1H3. The summed E-state index contributed by atoms with van der Waals surface area (Å²) in [6.07, 6.45) is 0.501. The molecule has 18 heavy (non-hydrogen) atoms. The molecule has 1 aromatic carbocycles. The second-order valence-corrected chi connectivity index (χ2v) is 6.47. The molecule has 1 aliphatic heterocycles. The highest BCUT2D eigenvalue weighted by Gasteiger charge is 2.69. The summed E-state index contributed by atoms with van der Waals surface area (Å²) >= 11 is 12.2. The van der Waals surface area contributed by atoms with Crippen LogP contribution in [0.15, 0.2) is 24.3 Å². The van der Waals surface area contributed by atoms with Crippen molar-refractivity contribution in [2.45, 2.75) is 17.7 Å². The quantitative estimate of drug-likeness (QED) is 0.743. The zero-order valence-corrected chi connectivity index (χ0v) is 11.5. The highest BCUT2D eigenvalue weighted by Crippen LogP contribution is 2.64. The van der Waals surface area contributed by atoms with Gasteiger partial charge in [-0.05, 0) is 25.5 Å². The van der Waals surface area contributed by atoms with Gasteiger partial charge in [0.25, 0.3) is 0 Å². The van der Waals surface area contributed by atoms with Crippen molar-refractivity contribution in [3.63, 3.8) is 0 Å². The zero-order valence-electron chi connectivity index (χ0n) is 9.95. The van der Waals surface area contributed by atoms with E-state index in [0.717, 1.165) is 11.4 Å². The van der Waals surface area contributed by atoms with E-state index in [1.54, 1.807) is 4.90 Å². The van der Waals surface area contributed by atoms with E-state index in [2.05, 4.69) is 0 Å². The zero-order chi connectivity index (χ0) is 13.0. The number of para-hydroxylation sites is 2. The van der Waals surface area contributed by atoms with Crippen molar-refractivity contribution in [3.8, 4) is 5.75 Å². The molecule has 96 valence electrons. The largest absolute Gasteiger partial charge is 0.490 e. The molecule has 0 N–H and O–H groups in total. The van der Waals surface area contributed by atoms with E-state index in [1.165, 1.54) is 0 Å². The maximum absolute atomic E-state index is 12.6. The topological polar surface area (TPSA) is 29.5 Å². The maximum atomic E-state index is 12.6. The van der Waals surface area contributed by atoms with Crippen LogP contribution in [0.2, 0.25) is 0 Å². The van der Waals surface area contributed by atoms with E-state index < -0.39 is 9.75 Å². The summed E-state index contributed by atoms with van der Waals surface area (Å²) < 4.78 is 4.60. The number of ether oxygens (including phenoxy) is 1. The van der Waals surface area contributed by atoms with E-state index in [-0.39, 0.29) is 5.91 Å². The molecule has 3 rings (SSSR count). The minimum absolute atomic E-state index is 0.0248. The number of rotatable bonds is 1. The van der Waals surface area contributed by atoms with Crippen LogP contribution >= 0.6 is 23.2 Å². The van der Waals surface area contributed by atoms with Crippen LogP contribution in [0, 0.1) is 5.41 Å². The third-order valence-electron chi connectivity index (χ3n) is 3.70. The van der Waals surface area contributed by atoms with Crippen LogP contribution in [0.4, 0.5) is 5.69 Å². The predicted octanol–water partition coefficient (Wildman–Crippen LogP) is 3.00. The normalized spacial score (nSPS) is 28.3. The summed E-state index contributed by atoms with van der Waals surface area (Å²) in [7, 11) is 0. The minimum atomic E-state index is -0.933. The number of halogens is 2. The smallest absolute Gasteiger partial charge is 0.236 e. The van der Waals surface area contributed by atoms with Crippen LogP contribution in [-0.2, 0) is 4.79 Å². The van der Waals surface area contributed by atoms with Crippen LogP contribution in [0.25, 0.3) is 0 Å². The molecule has 2 aliphatic rings. The van der Waals surface area contributed by atoms with Gasteiger partial charge in [0.05, 0.1) is 17.6 Å². The second kappa shape index (κ2) is 3.78. The lowest BCUT2D eigenvalue weighted by atomic mass is 10.1. The molecule has 1 heterocycles. The molecule has 1 unspecified atom stereocenters. The van der Waals surface area contributed by atoms with Gasteiger partial charge in [0.1, 0.15) is 16.7 Å². The molecular weight excluding hydrogens is 273 g/mol. The van der Waals surface area contributed by atoms with E-state index >= 15 is 0 Å². The lowest BCUT2D eigenvalue weighted by Gasteiger charge is -2.31. The molecule has 5 heteroatoms. The third kappa shape index (κ3) is 1.61. The van der Waals surface area contributed by atoms with E-state index in [1.807, 2.05) is 31.2 Å². The molecule has 1 amide bonds. The van der Waals surface area contributed by atoms with Crippen molar-refractivity contribution in [2.75, 3.05) is 18.1 Å². The van der Waals surface area contributed by atoms with Crippen molar-refractivity contribution in [2.24, 2.45) is 5.41 Å². The fourth-order valence-corrected chi connectivity index (χ4v) is 3.01. The number of hydrogen-bond acceptors (Lipinski definition) is 2. The highest BCUT2D eigenvalue weighted by molar-refractivity contribution is 6.53. The van der Waals surface area contributed by atoms with Crippen LogP contribution in [-0.4, -0.2) is 23.4 Å². The van der Waals surface area contributed by atoms with Crippen molar-refractivity contribution >= 4 is 34.8 Å². The van der Waals surface area contributed by atoms with Crippen molar-refractivity contribution in [1.29, 1.82) is 0 Å². The van der Waals surface area contributed by atoms with Gasteiger partial charge >= 0.3 is 0 Å². The molecule has 0 radical (unpaired) electrons. The Morgan fingerprint density at radius 1 is 1.39 bits per heavy atom. The van der Waals surface area contributed by atoms with Gasteiger partial charge in [-0.2, -0.15) is 0 Å². The van der Waals surface area contributed by atoms with E-state index in [4.69, 9.17) is 27.9 Å². The fourth-order valence-electron chi connectivity index (χ4n) is 2.31. The first-order valence-electron chi connectivity index (χ1n) is 5.87. The van der Waals surface area contributed by atoms with Crippen LogP contribution in [0.5, 0.6) is 5.75 Å². The van der Waals surface area contributed by atoms with E-state index in [9.17, 15) is 4.79 Å². The first kappa shape index (κ1) is 12.1. The molecular formula is C13H13Cl2NO2. The molecule has 1 saturated carbocycles. The Kier molecular flexibility index (Phi) is 2.55. The number of anilines is 1. The van der Waals surface area contributed by atoms with Crippen molar-refractivity contribution in [3.05, 3.63) is 24.3 Å². The molecule has 1 aromatic rings.